The Kier molecular flexibility index (Phi) is 4.76. The van der Waals surface area contributed by atoms with Crippen LogP contribution in [0.1, 0.15) is 17.3 Å². The molecule has 0 aliphatic rings. The SMILES string of the molecule is CC(=O)ON(C)/C=C\C(=O)c1ccc([N+](=O)[O-])cc1. The van der Waals surface area contributed by atoms with Gasteiger partial charge >= 0.3 is 5.97 Å². The first-order chi connectivity index (χ1) is 8.90. The van der Waals surface area contributed by atoms with Gasteiger partial charge in [-0.3, -0.25) is 19.7 Å². The maximum Gasteiger partial charge on any atom is 0.329 e. The van der Waals surface area contributed by atoms with E-state index < -0.39 is 10.9 Å². The summed E-state index contributed by atoms with van der Waals surface area (Å²) in [7, 11) is 1.46. The first kappa shape index (κ1) is 14.4. The second-order valence-electron chi connectivity index (χ2n) is 3.61. The summed E-state index contributed by atoms with van der Waals surface area (Å²) in [6.07, 6.45) is 2.48. The number of ketones is 1. The van der Waals surface area contributed by atoms with Crippen molar-refractivity contribution in [3.05, 3.63) is 52.2 Å². The fraction of sp³-hybridized carbons (Fsp3) is 0.167. The standard InChI is InChI=1S/C12H12N2O5/c1-9(15)19-13(2)8-7-12(16)10-3-5-11(6-4-10)14(17)18/h3-8H,1-2H3/b8-7-. The number of benzene rings is 1. The number of nitro benzene ring substituents is 1. The molecule has 1 rings (SSSR count). The fourth-order valence-corrected chi connectivity index (χ4v) is 1.25. The summed E-state index contributed by atoms with van der Waals surface area (Å²) in [5.41, 5.74) is 0.218. The van der Waals surface area contributed by atoms with Gasteiger partial charge in [-0.05, 0) is 12.1 Å². The van der Waals surface area contributed by atoms with E-state index in [1.165, 1.54) is 50.5 Å². The maximum atomic E-state index is 11.7. The number of hydroxylamine groups is 2. The fourth-order valence-electron chi connectivity index (χ4n) is 1.25. The molecule has 0 saturated heterocycles. The number of non-ortho nitro benzene ring substituents is 1. The second kappa shape index (κ2) is 6.29. The van der Waals surface area contributed by atoms with Gasteiger partial charge in [0.1, 0.15) is 0 Å². The molecule has 0 radical (unpaired) electrons. The molecule has 1 aromatic carbocycles. The van der Waals surface area contributed by atoms with E-state index in [0.717, 1.165) is 5.06 Å². The normalized spacial score (nSPS) is 10.2. The highest BCUT2D eigenvalue weighted by molar-refractivity contribution is 6.04. The monoisotopic (exact) mass is 264 g/mol. The van der Waals surface area contributed by atoms with Crippen LogP contribution < -0.4 is 0 Å². The van der Waals surface area contributed by atoms with Gasteiger partial charge in [-0.25, -0.2) is 5.06 Å². The molecule has 0 amide bonds. The number of allylic oxidation sites excluding steroid dienone is 1. The zero-order chi connectivity index (χ0) is 14.4. The van der Waals surface area contributed by atoms with E-state index in [-0.39, 0.29) is 11.5 Å². The van der Waals surface area contributed by atoms with E-state index in [4.69, 9.17) is 0 Å². The van der Waals surface area contributed by atoms with Crippen LogP contribution in [-0.4, -0.2) is 28.8 Å². The largest absolute Gasteiger partial charge is 0.342 e. The minimum Gasteiger partial charge on any atom is -0.342 e. The summed E-state index contributed by atoms with van der Waals surface area (Å²) in [4.78, 5) is 36.9. The average Bonchev–Trinajstić information content (AvgIpc) is 2.35. The lowest BCUT2D eigenvalue weighted by atomic mass is 10.1. The third kappa shape index (κ3) is 4.58. The second-order valence-corrected chi connectivity index (χ2v) is 3.61. The Bertz CT molecular complexity index is 521. The molecule has 7 nitrogen and oxygen atoms in total. The van der Waals surface area contributed by atoms with Gasteiger partial charge in [-0.2, -0.15) is 0 Å². The summed E-state index contributed by atoms with van der Waals surface area (Å²) in [6.45, 7) is 1.24. The zero-order valence-corrected chi connectivity index (χ0v) is 10.4. The minimum absolute atomic E-state index is 0.0856. The molecule has 0 bridgehead atoms. The van der Waals surface area contributed by atoms with Crippen molar-refractivity contribution in [3.8, 4) is 0 Å². The van der Waals surface area contributed by atoms with Crippen molar-refractivity contribution in [3.63, 3.8) is 0 Å². The van der Waals surface area contributed by atoms with E-state index in [1.54, 1.807) is 0 Å². The Hall–Kier alpha value is -2.70. The zero-order valence-electron chi connectivity index (χ0n) is 10.4. The van der Waals surface area contributed by atoms with Crippen molar-refractivity contribution in [1.82, 2.24) is 5.06 Å². The van der Waals surface area contributed by atoms with Crippen LogP contribution in [0.3, 0.4) is 0 Å². The van der Waals surface area contributed by atoms with Gasteiger partial charge in [0.15, 0.2) is 5.78 Å². The summed E-state index contributed by atoms with van der Waals surface area (Å²) in [5, 5.41) is 11.5. The van der Waals surface area contributed by atoms with Gasteiger partial charge in [0.2, 0.25) is 0 Å². The van der Waals surface area contributed by atoms with E-state index in [0.29, 0.717) is 5.56 Å². The van der Waals surface area contributed by atoms with Gasteiger partial charge in [-0.15, -0.1) is 0 Å². The van der Waals surface area contributed by atoms with Crippen LogP contribution in [0.5, 0.6) is 0 Å². The number of nitrogens with zero attached hydrogens (tertiary/aromatic N) is 2. The molecule has 0 unspecified atom stereocenters. The Balaban J connectivity index is 2.70. The number of carbonyl (C=O) groups is 2. The van der Waals surface area contributed by atoms with Crippen molar-refractivity contribution >= 4 is 17.4 Å². The number of hydrogen-bond acceptors (Lipinski definition) is 6. The van der Waals surface area contributed by atoms with Crippen LogP contribution in [0.25, 0.3) is 0 Å². The molecule has 0 aliphatic heterocycles. The lowest BCUT2D eigenvalue weighted by molar-refractivity contribution is -0.384. The van der Waals surface area contributed by atoms with Crippen LogP contribution in [0, 0.1) is 10.1 Å². The van der Waals surface area contributed by atoms with E-state index in [2.05, 4.69) is 4.84 Å². The molecule has 1 aromatic rings. The van der Waals surface area contributed by atoms with Crippen LogP contribution in [0.4, 0.5) is 5.69 Å². The Labute approximate surface area is 109 Å². The molecule has 0 saturated carbocycles. The molecule has 100 valence electrons. The van der Waals surface area contributed by atoms with Crippen molar-refractivity contribution in [2.45, 2.75) is 6.92 Å². The molecule has 0 fully saturated rings. The van der Waals surface area contributed by atoms with Crippen LogP contribution in [-0.2, 0) is 9.63 Å². The number of hydrogen-bond donors (Lipinski definition) is 0. The molecule has 0 atom stereocenters. The molecule has 0 aromatic heterocycles. The van der Waals surface area contributed by atoms with Gasteiger partial charge in [0.05, 0.1) is 4.92 Å². The summed E-state index contributed by atoms with van der Waals surface area (Å²) >= 11 is 0. The molecular weight excluding hydrogens is 252 g/mol. The molecule has 0 N–H and O–H groups in total. The average molecular weight is 264 g/mol. The summed E-state index contributed by atoms with van der Waals surface area (Å²) < 4.78 is 0. The highest BCUT2D eigenvalue weighted by Crippen LogP contribution is 2.12. The van der Waals surface area contributed by atoms with Gasteiger partial charge < -0.3 is 4.84 Å². The van der Waals surface area contributed by atoms with Gasteiger partial charge in [-0.1, -0.05) is 0 Å². The van der Waals surface area contributed by atoms with Crippen molar-refractivity contribution in [1.29, 1.82) is 0 Å². The molecule has 19 heavy (non-hydrogen) atoms. The topological polar surface area (TPSA) is 89.8 Å². The molecule has 0 heterocycles. The molecule has 7 heteroatoms. The Morgan fingerprint density at radius 3 is 2.37 bits per heavy atom. The van der Waals surface area contributed by atoms with E-state index in [9.17, 15) is 19.7 Å². The first-order valence-electron chi connectivity index (χ1n) is 5.28. The Morgan fingerprint density at radius 1 is 1.32 bits per heavy atom. The molecule has 0 spiro atoms. The highest BCUT2D eigenvalue weighted by Gasteiger charge is 2.07. The lowest BCUT2D eigenvalue weighted by Gasteiger charge is -2.10. The first-order valence-corrected chi connectivity index (χ1v) is 5.28. The summed E-state index contributed by atoms with van der Waals surface area (Å²) in [5.74, 6) is -0.858. The Morgan fingerprint density at radius 2 is 1.89 bits per heavy atom. The highest BCUT2D eigenvalue weighted by atomic mass is 16.7. The predicted molar refractivity (Wildman–Crippen MR) is 66.1 cm³/mol. The van der Waals surface area contributed by atoms with Crippen molar-refractivity contribution in [2.24, 2.45) is 0 Å². The number of nitro groups is 1. The molecule has 0 aliphatic carbocycles. The van der Waals surface area contributed by atoms with Crippen LogP contribution in [0.2, 0.25) is 0 Å². The summed E-state index contributed by atoms with van der Waals surface area (Å²) in [6, 6.07) is 5.21. The van der Waals surface area contributed by atoms with E-state index >= 15 is 0 Å². The predicted octanol–water partition coefficient (Wildman–Crippen LogP) is 1.70. The molecular formula is C12H12N2O5. The third-order valence-electron chi connectivity index (χ3n) is 2.07. The van der Waals surface area contributed by atoms with Crippen molar-refractivity contribution < 1.29 is 19.3 Å². The maximum absolute atomic E-state index is 11.7. The van der Waals surface area contributed by atoms with Gasteiger partial charge in [0.25, 0.3) is 5.69 Å². The number of carbonyl (C=O) groups excluding carboxylic acids is 2. The van der Waals surface area contributed by atoms with Crippen LogP contribution >= 0.6 is 0 Å². The number of rotatable bonds is 5. The lowest BCUT2D eigenvalue weighted by Crippen LogP contribution is -2.15. The van der Waals surface area contributed by atoms with Crippen molar-refractivity contribution in [2.75, 3.05) is 7.05 Å². The quantitative estimate of drug-likeness (QED) is 0.348. The van der Waals surface area contributed by atoms with Crippen LogP contribution in [0.15, 0.2) is 36.5 Å². The van der Waals surface area contributed by atoms with Gasteiger partial charge in [0, 0.05) is 43.9 Å². The third-order valence-corrected chi connectivity index (χ3v) is 2.07. The minimum atomic E-state index is -0.543. The van der Waals surface area contributed by atoms with E-state index in [1.807, 2.05) is 0 Å². The smallest absolute Gasteiger partial charge is 0.329 e.